The van der Waals surface area contributed by atoms with Crippen molar-refractivity contribution in [3.8, 4) is 0 Å². The Morgan fingerprint density at radius 2 is 1.77 bits per heavy atom. The number of benzene rings is 2. The van der Waals surface area contributed by atoms with Crippen LogP contribution in [0.15, 0.2) is 78.0 Å². The maximum absolute atomic E-state index is 13.1. The molecule has 0 aliphatic carbocycles. The number of hydrogen-bond acceptors (Lipinski definition) is 6. The molecule has 0 saturated heterocycles. The minimum Gasteiger partial charge on any atom is -0.462 e. The van der Waals surface area contributed by atoms with Gasteiger partial charge in [-0.05, 0) is 49.4 Å². The Morgan fingerprint density at radius 1 is 1.03 bits per heavy atom. The number of ketones is 1. The molecule has 0 saturated carbocycles. The minimum absolute atomic E-state index is 0.106. The van der Waals surface area contributed by atoms with Gasteiger partial charge in [-0.15, -0.1) is 0 Å². The van der Waals surface area contributed by atoms with E-state index in [1.807, 2.05) is 0 Å². The van der Waals surface area contributed by atoms with Crippen LogP contribution < -0.4 is 10.7 Å². The number of amides is 1. The van der Waals surface area contributed by atoms with E-state index in [0.717, 1.165) is 0 Å². The van der Waals surface area contributed by atoms with E-state index in [2.05, 4.69) is 10.3 Å². The second kappa shape index (κ2) is 10.3. The average molecular weight is 490 g/mol. The molecule has 1 N–H and O–H groups in total. The van der Waals surface area contributed by atoms with Crippen LogP contribution in [0.2, 0.25) is 5.02 Å². The third-order valence-corrected chi connectivity index (χ3v) is 5.47. The van der Waals surface area contributed by atoms with Gasteiger partial charge in [0, 0.05) is 34.6 Å². The van der Waals surface area contributed by atoms with Gasteiger partial charge in [-0.1, -0.05) is 23.7 Å². The lowest BCUT2D eigenvalue weighted by Crippen LogP contribution is -2.25. The molecule has 9 heteroatoms. The van der Waals surface area contributed by atoms with Crippen LogP contribution in [0.25, 0.3) is 10.9 Å². The number of fused-ring (bicyclic) bond motifs is 1. The van der Waals surface area contributed by atoms with Crippen LogP contribution in [0, 0.1) is 0 Å². The molecule has 8 nitrogen and oxygen atoms in total. The number of pyridine rings is 2. The number of nitrogens with zero attached hydrogens (tertiary/aromatic N) is 2. The molecule has 0 fully saturated rings. The molecule has 0 aliphatic rings. The van der Waals surface area contributed by atoms with Gasteiger partial charge in [0.15, 0.2) is 5.78 Å². The van der Waals surface area contributed by atoms with Gasteiger partial charge < -0.3 is 14.6 Å². The molecule has 35 heavy (non-hydrogen) atoms. The molecule has 1 amide bonds. The quantitative estimate of drug-likeness (QED) is 0.309. The van der Waals surface area contributed by atoms with Gasteiger partial charge in [-0.2, -0.15) is 0 Å². The van der Waals surface area contributed by atoms with E-state index in [1.165, 1.54) is 41.4 Å². The molecule has 4 rings (SSSR count). The van der Waals surface area contributed by atoms with Crippen molar-refractivity contribution in [1.82, 2.24) is 9.55 Å². The molecular formula is C26H20ClN3O5. The number of ether oxygens (including phenoxy) is 1. The van der Waals surface area contributed by atoms with Crippen LogP contribution in [0.1, 0.15) is 33.2 Å². The summed E-state index contributed by atoms with van der Waals surface area (Å²) in [5.41, 5.74) is 0.627. The number of hydrogen-bond donors (Lipinski definition) is 1. The van der Waals surface area contributed by atoms with Gasteiger partial charge in [0.05, 0.1) is 28.9 Å². The van der Waals surface area contributed by atoms with Crippen molar-refractivity contribution < 1.29 is 19.1 Å². The molecule has 2 aromatic carbocycles. The fourth-order valence-electron chi connectivity index (χ4n) is 3.64. The van der Waals surface area contributed by atoms with E-state index < -0.39 is 23.1 Å². The number of aromatic nitrogens is 2. The SMILES string of the molecule is CCOC(=O)c1ccccc1NC(=O)Cn1cc(C(=O)c2ccncc2)c(=O)c2cc(Cl)ccc21. The third kappa shape index (κ3) is 5.12. The predicted molar refractivity (Wildman–Crippen MR) is 132 cm³/mol. The molecule has 2 aromatic heterocycles. The lowest BCUT2D eigenvalue weighted by Gasteiger charge is -2.15. The third-order valence-electron chi connectivity index (χ3n) is 5.24. The summed E-state index contributed by atoms with van der Waals surface area (Å²) in [5, 5.41) is 3.24. The summed E-state index contributed by atoms with van der Waals surface area (Å²) in [6.07, 6.45) is 4.27. The molecule has 0 spiro atoms. The van der Waals surface area contributed by atoms with Crippen LogP contribution in [0.3, 0.4) is 0 Å². The fraction of sp³-hybridized carbons (Fsp3) is 0.115. The van der Waals surface area contributed by atoms with Gasteiger partial charge in [0.2, 0.25) is 11.3 Å². The van der Waals surface area contributed by atoms with Gasteiger partial charge >= 0.3 is 5.97 Å². The molecule has 0 unspecified atom stereocenters. The number of carbonyl (C=O) groups excluding carboxylic acids is 3. The minimum atomic E-state index is -0.558. The zero-order valence-corrected chi connectivity index (χ0v) is 19.4. The van der Waals surface area contributed by atoms with Crippen LogP contribution in [-0.4, -0.2) is 33.8 Å². The molecule has 4 aromatic rings. The second-order valence-electron chi connectivity index (χ2n) is 7.54. The maximum atomic E-state index is 13.1. The summed E-state index contributed by atoms with van der Waals surface area (Å²) < 4.78 is 6.55. The predicted octanol–water partition coefficient (Wildman–Crippen LogP) is 4.10. The normalized spacial score (nSPS) is 10.7. The topological polar surface area (TPSA) is 107 Å². The Balaban J connectivity index is 1.73. The second-order valence-corrected chi connectivity index (χ2v) is 7.98. The number of para-hydroxylation sites is 1. The first kappa shape index (κ1) is 23.8. The lowest BCUT2D eigenvalue weighted by molar-refractivity contribution is -0.116. The van der Waals surface area contributed by atoms with E-state index in [4.69, 9.17) is 16.3 Å². The van der Waals surface area contributed by atoms with Crippen molar-refractivity contribution in [2.45, 2.75) is 13.5 Å². The first-order valence-corrected chi connectivity index (χ1v) is 11.1. The summed E-state index contributed by atoms with van der Waals surface area (Å²) in [7, 11) is 0. The summed E-state index contributed by atoms with van der Waals surface area (Å²) >= 11 is 6.11. The molecular weight excluding hydrogens is 470 g/mol. The number of rotatable bonds is 7. The number of anilines is 1. The van der Waals surface area contributed by atoms with Crippen molar-refractivity contribution in [3.05, 3.63) is 105 Å². The summed E-state index contributed by atoms with van der Waals surface area (Å²) in [6, 6.07) is 14.2. The summed E-state index contributed by atoms with van der Waals surface area (Å²) in [5.74, 6) is -1.53. The van der Waals surface area contributed by atoms with Crippen molar-refractivity contribution >= 4 is 45.9 Å². The van der Waals surface area contributed by atoms with Crippen LogP contribution in [0.4, 0.5) is 5.69 Å². The van der Waals surface area contributed by atoms with E-state index >= 15 is 0 Å². The number of esters is 1. The van der Waals surface area contributed by atoms with Gasteiger partial charge in [0.25, 0.3) is 0 Å². The van der Waals surface area contributed by atoms with E-state index in [9.17, 15) is 19.2 Å². The van der Waals surface area contributed by atoms with Crippen molar-refractivity contribution in [1.29, 1.82) is 0 Å². The standard InChI is InChI=1S/C26H20ClN3O5/c1-2-35-26(34)18-5-3-4-6-21(18)29-23(31)15-30-14-20(24(32)16-9-11-28-12-10-16)25(33)19-13-17(27)7-8-22(19)30/h3-14H,2,15H2,1H3,(H,29,31). The highest BCUT2D eigenvalue weighted by Gasteiger charge is 2.19. The van der Waals surface area contributed by atoms with Crippen LogP contribution >= 0.6 is 11.6 Å². The Labute approximate surface area is 205 Å². The summed E-state index contributed by atoms with van der Waals surface area (Å²) in [4.78, 5) is 55.3. The average Bonchev–Trinajstić information content (AvgIpc) is 2.86. The van der Waals surface area contributed by atoms with E-state index in [0.29, 0.717) is 10.5 Å². The molecule has 2 heterocycles. The van der Waals surface area contributed by atoms with Crippen LogP contribution in [0.5, 0.6) is 0 Å². The smallest absolute Gasteiger partial charge is 0.340 e. The van der Waals surface area contributed by atoms with E-state index in [1.54, 1.807) is 43.3 Å². The zero-order valence-electron chi connectivity index (χ0n) is 18.7. The van der Waals surface area contributed by atoms with Crippen molar-refractivity contribution in [2.75, 3.05) is 11.9 Å². The molecule has 0 bridgehead atoms. The van der Waals surface area contributed by atoms with Crippen molar-refractivity contribution in [3.63, 3.8) is 0 Å². The molecule has 0 radical (unpaired) electrons. The Kier molecular flexibility index (Phi) is 7.03. The summed E-state index contributed by atoms with van der Waals surface area (Å²) in [6.45, 7) is 1.66. The molecule has 176 valence electrons. The fourth-order valence-corrected chi connectivity index (χ4v) is 3.82. The van der Waals surface area contributed by atoms with Gasteiger partial charge in [0.1, 0.15) is 6.54 Å². The van der Waals surface area contributed by atoms with Gasteiger partial charge in [-0.3, -0.25) is 19.4 Å². The van der Waals surface area contributed by atoms with E-state index in [-0.39, 0.29) is 40.9 Å². The highest BCUT2D eigenvalue weighted by molar-refractivity contribution is 6.31. The Bertz CT molecular complexity index is 1500. The number of halogens is 1. The lowest BCUT2D eigenvalue weighted by atomic mass is 10.0. The number of nitrogens with one attached hydrogen (secondary N) is 1. The number of carbonyl (C=O) groups is 3. The van der Waals surface area contributed by atoms with Crippen molar-refractivity contribution in [2.24, 2.45) is 0 Å². The Hall–Kier alpha value is -4.30. The molecule has 0 atom stereocenters. The maximum Gasteiger partial charge on any atom is 0.340 e. The first-order valence-electron chi connectivity index (χ1n) is 10.7. The zero-order chi connectivity index (χ0) is 24.9. The van der Waals surface area contributed by atoms with Gasteiger partial charge in [-0.25, -0.2) is 4.79 Å². The first-order chi connectivity index (χ1) is 16.9. The van der Waals surface area contributed by atoms with Crippen LogP contribution in [-0.2, 0) is 16.1 Å². The monoisotopic (exact) mass is 489 g/mol. The molecule has 0 aliphatic heterocycles. The Morgan fingerprint density at radius 3 is 2.51 bits per heavy atom. The largest absolute Gasteiger partial charge is 0.462 e. The highest BCUT2D eigenvalue weighted by atomic mass is 35.5. The highest BCUT2D eigenvalue weighted by Crippen LogP contribution is 2.20.